The van der Waals surface area contributed by atoms with Crippen molar-refractivity contribution in [2.24, 2.45) is 7.05 Å². The second-order valence-corrected chi connectivity index (χ2v) is 9.08. The molecule has 5 rings (SSSR count). The second-order valence-electron chi connectivity index (χ2n) is 9.08. The van der Waals surface area contributed by atoms with Crippen LogP contribution in [0.25, 0.3) is 22.3 Å². The predicted octanol–water partition coefficient (Wildman–Crippen LogP) is 4.62. The van der Waals surface area contributed by atoms with Crippen LogP contribution >= 0.6 is 0 Å². The lowest BCUT2D eigenvalue weighted by molar-refractivity contribution is 0.459. The molecular formula is C25H32N4O. The Morgan fingerprint density at radius 3 is 2.43 bits per heavy atom. The molecule has 0 aliphatic heterocycles. The third kappa shape index (κ3) is 3.71. The minimum absolute atomic E-state index is 0.0617. The van der Waals surface area contributed by atoms with Gasteiger partial charge in [0.2, 0.25) is 0 Å². The molecule has 0 bridgehead atoms. The molecule has 0 saturated heterocycles. The molecule has 5 nitrogen and oxygen atoms in total. The summed E-state index contributed by atoms with van der Waals surface area (Å²) < 4.78 is 1.82. The first kappa shape index (κ1) is 19.6. The minimum atomic E-state index is 0.0617. The average molecular weight is 405 g/mol. The maximum absolute atomic E-state index is 12.5. The van der Waals surface area contributed by atoms with E-state index in [9.17, 15) is 4.79 Å². The molecule has 2 N–H and O–H groups in total. The number of hydrogen-bond acceptors (Lipinski definition) is 3. The summed E-state index contributed by atoms with van der Waals surface area (Å²) >= 11 is 0. The van der Waals surface area contributed by atoms with Crippen molar-refractivity contribution in [2.45, 2.75) is 76.8 Å². The van der Waals surface area contributed by atoms with E-state index >= 15 is 0 Å². The van der Waals surface area contributed by atoms with Gasteiger partial charge in [-0.3, -0.25) is 9.48 Å². The fourth-order valence-corrected chi connectivity index (χ4v) is 5.30. The van der Waals surface area contributed by atoms with Crippen molar-refractivity contribution in [1.29, 1.82) is 0 Å². The summed E-state index contributed by atoms with van der Waals surface area (Å²) in [6.07, 6.45) is 12.2. The molecule has 1 fully saturated rings. The van der Waals surface area contributed by atoms with Crippen LogP contribution in [0.5, 0.6) is 0 Å². The summed E-state index contributed by atoms with van der Waals surface area (Å²) in [6.45, 7) is 0.927. The summed E-state index contributed by atoms with van der Waals surface area (Å²) in [6, 6.07) is 9.48. The van der Waals surface area contributed by atoms with Gasteiger partial charge in [0.05, 0.1) is 0 Å². The summed E-state index contributed by atoms with van der Waals surface area (Å²) in [4.78, 5) is 15.6. The van der Waals surface area contributed by atoms with Crippen molar-refractivity contribution in [3.05, 3.63) is 51.3 Å². The Bertz CT molecular complexity index is 1090. The van der Waals surface area contributed by atoms with Crippen molar-refractivity contribution < 1.29 is 0 Å². The first-order valence-electron chi connectivity index (χ1n) is 11.6. The highest BCUT2D eigenvalue weighted by atomic mass is 16.1. The quantitative estimate of drug-likeness (QED) is 0.624. The number of aryl methyl sites for hydroxylation is 2. The van der Waals surface area contributed by atoms with Crippen molar-refractivity contribution in [1.82, 2.24) is 20.1 Å². The fourth-order valence-electron chi connectivity index (χ4n) is 5.30. The van der Waals surface area contributed by atoms with Gasteiger partial charge >= 0.3 is 0 Å². The molecular weight excluding hydrogens is 372 g/mol. The molecule has 30 heavy (non-hydrogen) atoms. The minimum Gasteiger partial charge on any atom is -0.310 e. The Labute approximate surface area is 177 Å². The molecule has 0 spiro atoms. The maximum atomic E-state index is 12.5. The van der Waals surface area contributed by atoms with Crippen LogP contribution in [0.2, 0.25) is 0 Å². The Kier molecular flexibility index (Phi) is 5.47. The zero-order chi connectivity index (χ0) is 20.5. The maximum Gasteiger partial charge on any atom is 0.253 e. The van der Waals surface area contributed by atoms with Crippen LogP contribution in [0.15, 0.2) is 29.1 Å². The molecule has 1 saturated carbocycles. The summed E-state index contributed by atoms with van der Waals surface area (Å²) in [7, 11) is 1.92. The largest absolute Gasteiger partial charge is 0.310 e. The standard InChI is InChI=1S/C25H32N4O/c1-29-24-22(20-10-6-7-11-21(20)25(30)27-24)23(28-29)18-14-12-17(13-15-18)16-26-19-8-4-2-3-5-9-19/h12-15,19,26H,2-11,16H2,1H3,(H,27,30). The van der Waals surface area contributed by atoms with Gasteiger partial charge in [0.15, 0.2) is 0 Å². The van der Waals surface area contributed by atoms with E-state index in [0.29, 0.717) is 6.04 Å². The number of benzene rings is 1. The molecule has 2 aliphatic rings. The number of nitrogens with zero attached hydrogens (tertiary/aromatic N) is 2. The highest BCUT2D eigenvalue weighted by molar-refractivity contribution is 5.94. The third-order valence-electron chi connectivity index (χ3n) is 7.00. The van der Waals surface area contributed by atoms with Crippen LogP contribution in [0.3, 0.4) is 0 Å². The van der Waals surface area contributed by atoms with Gasteiger partial charge in [0, 0.05) is 36.1 Å². The molecule has 2 aliphatic carbocycles. The lowest BCUT2D eigenvalue weighted by atomic mass is 9.89. The van der Waals surface area contributed by atoms with Gasteiger partial charge < -0.3 is 10.3 Å². The molecule has 0 amide bonds. The van der Waals surface area contributed by atoms with Crippen LogP contribution in [-0.4, -0.2) is 20.8 Å². The normalized spacial score (nSPS) is 17.8. The van der Waals surface area contributed by atoms with Gasteiger partial charge in [-0.25, -0.2) is 0 Å². The molecule has 0 atom stereocenters. The average Bonchev–Trinajstić information content (AvgIpc) is 2.94. The summed E-state index contributed by atoms with van der Waals surface area (Å²) in [5.41, 5.74) is 6.51. The lowest BCUT2D eigenvalue weighted by Crippen LogP contribution is -2.27. The third-order valence-corrected chi connectivity index (χ3v) is 7.00. The van der Waals surface area contributed by atoms with Crippen LogP contribution in [-0.2, 0) is 26.4 Å². The van der Waals surface area contributed by atoms with E-state index in [2.05, 4.69) is 34.6 Å². The zero-order valence-electron chi connectivity index (χ0n) is 18.0. The molecule has 0 radical (unpaired) electrons. The Balaban J connectivity index is 1.42. The van der Waals surface area contributed by atoms with Crippen LogP contribution in [0.1, 0.15) is 68.1 Å². The molecule has 1 aromatic carbocycles. The van der Waals surface area contributed by atoms with E-state index in [1.54, 1.807) is 0 Å². The van der Waals surface area contributed by atoms with E-state index < -0.39 is 0 Å². The first-order valence-corrected chi connectivity index (χ1v) is 11.6. The van der Waals surface area contributed by atoms with E-state index in [0.717, 1.165) is 60.1 Å². The van der Waals surface area contributed by atoms with E-state index in [1.807, 2.05) is 11.7 Å². The van der Waals surface area contributed by atoms with Gasteiger partial charge in [0.25, 0.3) is 5.56 Å². The fraction of sp³-hybridized carbons (Fsp3) is 0.520. The van der Waals surface area contributed by atoms with E-state index in [-0.39, 0.29) is 5.56 Å². The van der Waals surface area contributed by atoms with Crippen LogP contribution in [0, 0.1) is 0 Å². The number of pyridine rings is 1. The summed E-state index contributed by atoms with van der Waals surface area (Å²) in [5.74, 6) is 0. The number of rotatable bonds is 4. The number of aromatic nitrogens is 3. The molecule has 0 unspecified atom stereocenters. The highest BCUT2D eigenvalue weighted by Crippen LogP contribution is 2.33. The van der Waals surface area contributed by atoms with Crippen LogP contribution < -0.4 is 10.9 Å². The zero-order valence-corrected chi connectivity index (χ0v) is 18.0. The SMILES string of the molecule is Cn1nc(-c2ccc(CNC3CCCCCC3)cc2)c2c3c(c(=O)[nH]c21)CCCC3. The first-order chi connectivity index (χ1) is 14.7. The predicted molar refractivity (Wildman–Crippen MR) is 122 cm³/mol. The van der Waals surface area contributed by atoms with Crippen molar-refractivity contribution >= 4 is 11.0 Å². The van der Waals surface area contributed by atoms with Crippen molar-refractivity contribution in [3.63, 3.8) is 0 Å². The molecule has 3 aromatic rings. The molecule has 2 heterocycles. The highest BCUT2D eigenvalue weighted by Gasteiger charge is 2.22. The number of hydrogen-bond donors (Lipinski definition) is 2. The van der Waals surface area contributed by atoms with E-state index in [4.69, 9.17) is 5.10 Å². The summed E-state index contributed by atoms with van der Waals surface area (Å²) in [5, 5.41) is 9.69. The topological polar surface area (TPSA) is 62.7 Å². The van der Waals surface area contributed by atoms with E-state index in [1.165, 1.54) is 49.7 Å². The van der Waals surface area contributed by atoms with Crippen molar-refractivity contribution in [2.75, 3.05) is 0 Å². The second kappa shape index (κ2) is 8.38. The van der Waals surface area contributed by atoms with Crippen LogP contribution in [0.4, 0.5) is 0 Å². The Morgan fingerprint density at radius 1 is 1.00 bits per heavy atom. The molecule has 5 heteroatoms. The molecule has 158 valence electrons. The number of H-pyrrole nitrogens is 1. The number of nitrogens with one attached hydrogen (secondary N) is 2. The molecule has 2 aromatic heterocycles. The van der Waals surface area contributed by atoms with Gasteiger partial charge in [-0.15, -0.1) is 0 Å². The van der Waals surface area contributed by atoms with Gasteiger partial charge in [0.1, 0.15) is 11.3 Å². The van der Waals surface area contributed by atoms with Gasteiger partial charge in [-0.2, -0.15) is 5.10 Å². The number of aromatic amines is 1. The number of fused-ring (bicyclic) bond motifs is 3. The monoisotopic (exact) mass is 404 g/mol. The van der Waals surface area contributed by atoms with Gasteiger partial charge in [-0.05, 0) is 49.7 Å². The van der Waals surface area contributed by atoms with Crippen molar-refractivity contribution in [3.8, 4) is 11.3 Å². The lowest BCUT2D eigenvalue weighted by Gasteiger charge is -2.17. The van der Waals surface area contributed by atoms with Gasteiger partial charge in [-0.1, -0.05) is 49.9 Å². The Morgan fingerprint density at radius 2 is 1.70 bits per heavy atom. The smallest absolute Gasteiger partial charge is 0.253 e. The Hall–Kier alpha value is -2.40.